The van der Waals surface area contributed by atoms with Gasteiger partial charge >= 0.3 is 0 Å². The molecular weight excluding hydrogens is 366 g/mol. The first-order chi connectivity index (χ1) is 13.8. The Kier molecular flexibility index (Phi) is 5.73. The molecule has 0 radical (unpaired) electrons. The van der Waals surface area contributed by atoms with E-state index < -0.39 is 0 Å². The maximum Gasteiger partial charge on any atom is 0.230 e. The number of thioether (sulfide) groups is 1. The highest BCUT2D eigenvalue weighted by Crippen LogP contribution is 2.23. The van der Waals surface area contributed by atoms with Crippen molar-refractivity contribution in [3.8, 4) is 0 Å². The van der Waals surface area contributed by atoms with Crippen molar-refractivity contribution < 1.29 is 4.79 Å². The lowest BCUT2D eigenvalue weighted by Gasteiger charge is -2.11. The van der Waals surface area contributed by atoms with Gasteiger partial charge in [0.25, 0.3) is 0 Å². The number of fused-ring (bicyclic) bond motifs is 1. The van der Waals surface area contributed by atoms with E-state index in [1.54, 1.807) is 18.0 Å². The van der Waals surface area contributed by atoms with E-state index in [-0.39, 0.29) is 5.91 Å². The van der Waals surface area contributed by atoms with E-state index in [0.29, 0.717) is 18.8 Å². The summed E-state index contributed by atoms with van der Waals surface area (Å²) < 4.78 is 1.89. The van der Waals surface area contributed by atoms with Crippen molar-refractivity contribution in [2.75, 3.05) is 5.75 Å². The molecule has 0 spiro atoms. The molecule has 0 unspecified atom stereocenters. The van der Waals surface area contributed by atoms with Crippen LogP contribution < -0.4 is 5.32 Å². The highest BCUT2D eigenvalue weighted by Gasteiger charge is 2.07. The average molecular weight is 388 g/mol. The number of rotatable bonds is 7. The molecule has 0 aliphatic rings. The maximum atomic E-state index is 12.3. The highest BCUT2D eigenvalue weighted by molar-refractivity contribution is 8.00. The molecule has 0 saturated carbocycles. The Morgan fingerprint density at radius 1 is 0.929 bits per heavy atom. The van der Waals surface area contributed by atoms with Gasteiger partial charge in [-0.25, -0.2) is 0 Å². The van der Waals surface area contributed by atoms with E-state index in [1.807, 2.05) is 41.2 Å². The summed E-state index contributed by atoms with van der Waals surface area (Å²) >= 11 is 1.56. The Labute approximate surface area is 168 Å². The number of hydrogen-bond acceptors (Lipinski definition) is 3. The third-order valence-electron chi connectivity index (χ3n) is 4.58. The molecule has 0 aliphatic heterocycles. The van der Waals surface area contributed by atoms with Crippen molar-refractivity contribution in [1.82, 2.24) is 15.1 Å². The van der Waals surface area contributed by atoms with Crippen LogP contribution in [0.3, 0.4) is 0 Å². The molecular formula is C23H21N3OS. The molecule has 4 nitrogen and oxygen atoms in total. The fourth-order valence-corrected chi connectivity index (χ4v) is 3.88. The van der Waals surface area contributed by atoms with Crippen LogP contribution in [0.5, 0.6) is 0 Å². The van der Waals surface area contributed by atoms with Gasteiger partial charge in [-0.05, 0) is 40.1 Å². The summed E-state index contributed by atoms with van der Waals surface area (Å²) in [7, 11) is 0. The smallest absolute Gasteiger partial charge is 0.230 e. The lowest BCUT2D eigenvalue weighted by atomic mass is 10.1. The number of carbonyl (C=O) groups is 1. The largest absolute Gasteiger partial charge is 0.351 e. The van der Waals surface area contributed by atoms with Crippen LogP contribution in [0.15, 0.2) is 90.1 Å². The number of amides is 1. The molecule has 3 aromatic carbocycles. The predicted octanol–water partition coefficient (Wildman–Crippen LogP) is 4.49. The van der Waals surface area contributed by atoms with Crippen molar-refractivity contribution in [3.63, 3.8) is 0 Å². The van der Waals surface area contributed by atoms with E-state index in [9.17, 15) is 4.79 Å². The number of carbonyl (C=O) groups excluding carboxylic acids is 1. The van der Waals surface area contributed by atoms with Gasteiger partial charge in [-0.15, -0.1) is 11.8 Å². The molecule has 1 N–H and O–H groups in total. The van der Waals surface area contributed by atoms with Gasteiger partial charge in [0.2, 0.25) is 5.91 Å². The Morgan fingerprint density at radius 3 is 2.54 bits per heavy atom. The second-order valence-corrected chi connectivity index (χ2v) is 7.60. The van der Waals surface area contributed by atoms with Crippen LogP contribution in [0.1, 0.15) is 11.1 Å². The fourth-order valence-electron chi connectivity index (χ4n) is 3.10. The van der Waals surface area contributed by atoms with Crippen LogP contribution >= 0.6 is 11.8 Å². The van der Waals surface area contributed by atoms with Gasteiger partial charge in [-0.3, -0.25) is 9.48 Å². The fraction of sp³-hybridized carbons (Fsp3) is 0.130. The van der Waals surface area contributed by atoms with Crippen LogP contribution in [-0.4, -0.2) is 21.4 Å². The van der Waals surface area contributed by atoms with Crippen molar-refractivity contribution in [1.29, 1.82) is 0 Å². The van der Waals surface area contributed by atoms with Gasteiger partial charge in [-0.2, -0.15) is 5.10 Å². The van der Waals surface area contributed by atoms with Crippen LogP contribution in [0.2, 0.25) is 0 Å². The molecule has 1 amide bonds. The Bertz CT molecular complexity index is 1080. The van der Waals surface area contributed by atoms with Crippen molar-refractivity contribution in [2.45, 2.75) is 18.0 Å². The van der Waals surface area contributed by atoms with Gasteiger partial charge < -0.3 is 5.32 Å². The van der Waals surface area contributed by atoms with Gasteiger partial charge in [0.1, 0.15) is 0 Å². The van der Waals surface area contributed by atoms with Crippen LogP contribution in [0.25, 0.3) is 10.8 Å². The number of benzene rings is 3. The quantitative estimate of drug-likeness (QED) is 0.475. The number of nitrogens with zero attached hydrogens (tertiary/aromatic N) is 2. The average Bonchev–Trinajstić information content (AvgIpc) is 3.24. The first-order valence-electron chi connectivity index (χ1n) is 9.20. The highest BCUT2D eigenvalue weighted by atomic mass is 32.2. The monoisotopic (exact) mass is 387 g/mol. The molecule has 5 heteroatoms. The standard InChI is InChI=1S/C23H21N3OS/c27-23(17-28-22-11-10-18-6-1-2-7-19(18)14-22)24-15-20-8-3-4-9-21(20)16-26-13-5-12-25-26/h1-14H,15-17H2,(H,24,27). The van der Waals surface area contributed by atoms with Crippen molar-refractivity contribution >= 4 is 28.4 Å². The predicted molar refractivity (Wildman–Crippen MR) is 114 cm³/mol. The van der Waals surface area contributed by atoms with Crippen LogP contribution in [0.4, 0.5) is 0 Å². The van der Waals surface area contributed by atoms with E-state index in [1.165, 1.54) is 10.8 Å². The maximum absolute atomic E-state index is 12.3. The van der Waals surface area contributed by atoms with Crippen LogP contribution in [-0.2, 0) is 17.9 Å². The zero-order valence-corrected chi connectivity index (χ0v) is 16.2. The molecule has 1 heterocycles. The molecule has 4 aromatic rings. The molecule has 0 aliphatic carbocycles. The lowest BCUT2D eigenvalue weighted by Crippen LogP contribution is -2.25. The number of hydrogen-bond donors (Lipinski definition) is 1. The molecule has 1 aromatic heterocycles. The summed E-state index contributed by atoms with van der Waals surface area (Å²) in [6.45, 7) is 1.22. The molecule has 0 fully saturated rings. The van der Waals surface area contributed by atoms with Crippen LogP contribution in [0, 0.1) is 0 Å². The molecule has 140 valence electrons. The number of nitrogens with one attached hydrogen (secondary N) is 1. The minimum atomic E-state index is 0.0343. The molecule has 28 heavy (non-hydrogen) atoms. The van der Waals surface area contributed by atoms with Crippen molar-refractivity contribution in [2.24, 2.45) is 0 Å². The number of aromatic nitrogens is 2. The minimum Gasteiger partial charge on any atom is -0.351 e. The summed E-state index contributed by atoms with van der Waals surface area (Å²) in [6.07, 6.45) is 3.71. The topological polar surface area (TPSA) is 46.9 Å². The first kappa shape index (κ1) is 18.3. The summed E-state index contributed by atoms with van der Waals surface area (Å²) in [5, 5.41) is 9.70. The molecule has 0 saturated heterocycles. The summed E-state index contributed by atoms with van der Waals surface area (Å²) in [6, 6.07) is 24.6. The SMILES string of the molecule is O=C(CSc1ccc2ccccc2c1)NCc1ccccc1Cn1cccn1. The summed E-state index contributed by atoms with van der Waals surface area (Å²) in [4.78, 5) is 13.4. The van der Waals surface area contributed by atoms with Gasteiger partial charge in [-0.1, -0.05) is 54.6 Å². The first-order valence-corrected chi connectivity index (χ1v) is 10.2. The Hall–Kier alpha value is -3.05. The molecule has 0 bridgehead atoms. The zero-order valence-electron chi connectivity index (χ0n) is 15.4. The molecule has 0 atom stereocenters. The third kappa shape index (κ3) is 4.61. The Morgan fingerprint density at radius 2 is 1.71 bits per heavy atom. The zero-order chi connectivity index (χ0) is 19.2. The molecule has 4 rings (SSSR count). The van der Waals surface area contributed by atoms with E-state index >= 15 is 0 Å². The third-order valence-corrected chi connectivity index (χ3v) is 5.57. The van der Waals surface area contributed by atoms with E-state index in [4.69, 9.17) is 0 Å². The summed E-state index contributed by atoms with van der Waals surface area (Å²) in [5.74, 6) is 0.437. The normalized spacial score (nSPS) is 10.9. The second-order valence-electron chi connectivity index (χ2n) is 6.55. The second kappa shape index (κ2) is 8.76. The lowest BCUT2D eigenvalue weighted by molar-refractivity contribution is -0.118. The summed E-state index contributed by atoms with van der Waals surface area (Å²) in [5.41, 5.74) is 2.27. The van der Waals surface area contributed by atoms with E-state index in [2.05, 4.69) is 52.9 Å². The van der Waals surface area contributed by atoms with Gasteiger partial charge in [0.05, 0.1) is 12.3 Å². The Balaban J connectivity index is 1.33. The minimum absolute atomic E-state index is 0.0343. The van der Waals surface area contributed by atoms with E-state index in [0.717, 1.165) is 16.0 Å². The van der Waals surface area contributed by atoms with Crippen molar-refractivity contribution in [3.05, 3.63) is 96.3 Å². The van der Waals surface area contributed by atoms with Gasteiger partial charge in [0, 0.05) is 23.8 Å². The van der Waals surface area contributed by atoms with Gasteiger partial charge in [0.15, 0.2) is 0 Å².